The Kier molecular flexibility index (Phi) is 5.08. The Morgan fingerprint density at radius 2 is 1.93 bits per heavy atom. The predicted octanol–water partition coefficient (Wildman–Crippen LogP) is 3.46. The third-order valence-electron chi connectivity index (χ3n) is 2.35. The zero-order chi connectivity index (χ0) is 11.3. The molecule has 0 heterocycles. The number of rotatable bonds is 5. The highest BCUT2D eigenvalue weighted by Crippen LogP contribution is 2.23. The minimum Gasteiger partial charge on any atom is -0.481 e. The Bertz CT molecular complexity index is 309. The van der Waals surface area contributed by atoms with Gasteiger partial charge in [0.1, 0.15) is 0 Å². The number of hydrogen-bond acceptors (Lipinski definition) is 1. The van der Waals surface area contributed by atoms with Crippen LogP contribution in [0.25, 0.3) is 0 Å². The summed E-state index contributed by atoms with van der Waals surface area (Å²) in [5.41, 5.74) is 0.905. The van der Waals surface area contributed by atoms with Crippen LogP contribution in [0.1, 0.15) is 31.2 Å². The van der Waals surface area contributed by atoms with Crippen LogP contribution in [-0.4, -0.2) is 15.0 Å². The van der Waals surface area contributed by atoms with Crippen LogP contribution in [0.5, 0.6) is 0 Å². The number of alkyl halides is 1. The van der Waals surface area contributed by atoms with Gasteiger partial charge >= 0.3 is 5.97 Å². The van der Waals surface area contributed by atoms with E-state index in [-0.39, 0.29) is 5.92 Å². The second-order valence-electron chi connectivity index (χ2n) is 3.66. The van der Waals surface area contributed by atoms with Gasteiger partial charge in [-0.1, -0.05) is 59.8 Å². The highest BCUT2D eigenvalue weighted by atomic mass is 127. The molecule has 0 saturated heterocycles. The summed E-state index contributed by atoms with van der Waals surface area (Å²) in [4.78, 5) is 11.1. The monoisotopic (exact) mass is 318 g/mol. The largest absolute Gasteiger partial charge is 0.481 e. The number of carboxylic acids is 1. The van der Waals surface area contributed by atoms with E-state index in [1.54, 1.807) is 0 Å². The molecule has 2 nitrogen and oxygen atoms in total. The third kappa shape index (κ3) is 4.20. The Hall–Kier alpha value is -0.580. The molecule has 0 saturated carbocycles. The lowest BCUT2D eigenvalue weighted by Crippen LogP contribution is -2.12. The van der Waals surface area contributed by atoms with E-state index < -0.39 is 5.97 Å². The molecular formula is C12H15IO2. The third-order valence-corrected chi connectivity index (χ3v) is 2.98. The summed E-state index contributed by atoms with van der Waals surface area (Å²) < 4.78 is 0.521. The Morgan fingerprint density at radius 3 is 2.40 bits per heavy atom. The van der Waals surface area contributed by atoms with Crippen molar-refractivity contribution in [2.24, 2.45) is 0 Å². The second-order valence-corrected chi connectivity index (χ2v) is 5.79. The first-order valence-electron chi connectivity index (χ1n) is 5.03. The minimum atomic E-state index is -0.724. The van der Waals surface area contributed by atoms with Crippen LogP contribution in [-0.2, 0) is 4.79 Å². The fraction of sp³-hybridized carbons (Fsp3) is 0.417. The lowest BCUT2D eigenvalue weighted by molar-refractivity contribution is -0.139. The molecule has 0 spiro atoms. The van der Waals surface area contributed by atoms with Gasteiger partial charge in [0.25, 0.3) is 0 Å². The number of carbonyl (C=O) groups is 1. The van der Waals surface area contributed by atoms with Crippen LogP contribution >= 0.6 is 22.6 Å². The lowest BCUT2D eigenvalue weighted by Gasteiger charge is -2.13. The molecule has 0 aliphatic heterocycles. The molecule has 3 heteroatoms. The Morgan fingerprint density at radius 1 is 1.33 bits per heavy atom. The summed E-state index contributed by atoms with van der Waals surface area (Å²) >= 11 is 2.33. The average molecular weight is 318 g/mol. The fourth-order valence-electron chi connectivity index (χ4n) is 1.51. The average Bonchev–Trinajstić information content (AvgIpc) is 2.18. The molecule has 2 unspecified atom stereocenters. The Labute approximate surface area is 104 Å². The smallest absolute Gasteiger partial charge is 0.310 e. The van der Waals surface area contributed by atoms with Crippen molar-refractivity contribution in [3.63, 3.8) is 0 Å². The van der Waals surface area contributed by atoms with Crippen LogP contribution in [0.3, 0.4) is 0 Å². The zero-order valence-electron chi connectivity index (χ0n) is 8.69. The minimum absolute atomic E-state index is 0.358. The molecular weight excluding hydrogens is 303 g/mol. The van der Waals surface area contributed by atoms with E-state index in [0.717, 1.165) is 12.0 Å². The topological polar surface area (TPSA) is 37.3 Å². The first-order valence-corrected chi connectivity index (χ1v) is 6.27. The maximum atomic E-state index is 11.1. The van der Waals surface area contributed by atoms with Crippen molar-refractivity contribution >= 4 is 28.6 Å². The van der Waals surface area contributed by atoms with Gasteiger partial charge in [-0.25, -0.2) is 0 Å². The summed E-state index contributed by atoms with van der Waals surface area (Å²) in [6, 6.07) is 9.45. The molecule has 1 rings (SSSR count). The van der Waals surface area contributed by atoms with E-state index in [0.29, 0.717) is 10.3 Å². The van der Waals surface area contributed by atoms with Gasteiger partial charge in [0.15, 0.2) is 0 Å². The van der Waals surface area contributed by atoms with E-state index >= 15 is 0 Å². The van der Waals surface area contributed by atoms with Crippen molar-refractivity contribution < 1.29 is 9.90 Å². The van der Waals surface area contributed by atoms with Gasteiger partial charge < -0.3 is 5.11 Å². The normalized spacial score (nSPS) is 14.5. The maximum Gasteiger partial charge on any atom is 0.310 e. The first-order chi connectivity index (χ1) is 7.11. The molecule has 0 amide bonds. The Balaban J connectivity index is 2.71. The predicted molar refractivity (Wildman–Crippen MR) is 69.5 cm³/mol. The number of aliphatic carboxylic acids is 1. The fourth-order valence-corrected chi connectivity index (χ4v) is 1.87. The molecule has 1 aromatic rings. The number of hydrogen-bond donors (Lipinski definition) is 1. The van der Waals surface area contributed by atoms with Crippen molar-refractivity contribution in [2.75, 3.05) is 0 Å². The summed E-state index contributed by atoms with van der Waals surface area (Å²) in [6.07, 6.45) is 1.65. The zero-order valence-corrected chi connectivity index (χ0v) is 10.8. The van der Waals surface area contributed by atoms with Crippen molar-refractivity contribution in [1.82, 2.24) is 0 Å². The van der Waals surface area contributed by atoms with Crippen LogP contribution in [0, 0.1) is 0 Å². The van der Waals surface area contributed by atoms with Crippen molar-refractivity contribution in [2.45, 2.75) is 29.6 Å². The van der Waals surface area contributed by atoms with Gasteiger partial charge in [0.05, 0.1) is 5.92 Å². The summed E-state index contributed by atoms with van der Waals surface area (Å²) in [7, 11) is 0. The van der Waals surface area contributed by atoms with Gasteiger partial charge in [-0.2, -0.15) is 0 Å². The molecule has 1 aromatic carbocycles. The van der Waals surface area contributed by atoms with Gasteiger partial charge in [-0.3, -0.25) is 4.79 Å². The van der Waals surface area contributed by atoms with Crippen molar-refractivity contribution in [3.05, 3.63) is 35.9 Å². The highest BCUT2D eigenvalue weighted by Gasteiger charge is 2.19. The summed E-state index contributed by atoms with van der Waals surface area (Å²) in [6.45, 7) is 2.10. The first kappa shape index (κ1) is 12.5. The van der Waals surface area contributed by atoms with E-state index in [1.807, 2.05) is 30.3 Å². The SMILES string of the molecule is CC(I)CCC(C(=O)O)c1ccccc1. The molecule has 2 atom stereocenters. The molecule has 0 aliphatic rings. The molecule has 0 aliphatic carbocycles. The highest BCUT2D eigenvalue weighted by molar-refractivity contribution is 14.1. The van der Waals surface area contributed by atoms with Crippen LogP contribution < -0.4 is 0 Å². The quantitative estimate of drug-likeness (QED) is 0.667. The maximum absolute atomic E-state index is 11.1. The molecule has 0 fully saturated rings. The molecule has 0 bridgehead atoms. The van der Waals surface area contributed by atoms with Crippen molar-refractivity contribution in [3.8, 4) is 0 Å². The summed E-state index contributed by atoms with van der Waals surface area (Å²) in [5, 5.41) is 9.14. The van der Waals surface area contributed by atoms with E-state index in [4.69, 9.17) is 5.11 Å². The van der Waals surface area contributed by atoms with Gasteiger partial charge in [0, 0.05) is 3.92 Å². The molecule has 0 aromatic heterocycles. The number of benzene rings is 1. The van der Waals surface area contributed by atoms with Gasteiger partial charge in [0.2, 0.25) is 0 Å². The molecule has 0 radical (unpaired) electrons. The van der Waals surface area contributed by atoms with E-state index in [2.05, 4.69) is 29.5 Å². The van der Waals surface area contributed by atoms with Crippen LogP contribution in [0.4, 0.5) is 0 Å². The van der Waals surface area contributed by atoms with Gasteiger partial charge in [-0.15, -0.1) is 0 Å². The number of carboxylic acid groups (broad SMARTS) is 1. The molecule has 82 valence electrons. The van der Waals surface area contributed by atoms with Gasteiger partial charge in [-0.05, 0) is 18.4 Å². The van der Waals surface area contributed by atoms with Crippen LogP contribution in [0.15, 0.2) is 30.3 Å². The van der Waals surface area contributed by atoms with E-state index in [1.165, 1.54) is 0 Å². The van der Waals surface area contributed by atoms with Crippen LogP contribution in [0.2, 0.25) is 0 Å². The lowest BCUT2D eigenvalue weighted by atomic mass is 9.94. The number of halogens is 1. The van der Waals surface area contributed by atoms with Crippen molar-refractivity contribution in [1.29, 1.82) is 0 Å². The second kappa shape index (κ2) is 6.10. The molecule has 1 N–H and O–H groups in total. The van der Waals surface area contributed by atoms with E-state index in [9.17, 15) is 4.79 Å². The summed E-state index contributed by atoms with van der Waals surface area (Å²) in [5.74, 6) is -1.08. The standard InChI is InChI=1S/C12H15IO2/c1-9(13)7-8-11(12(14)15)10-5-3-2-4-6-10/h2-6,9,11H,7-8H2,1H3,(H,14,15). The molecule has 15 heavy (non-hydrogen) atoms.